The van der Waals surface area contributed by atoms with Gasteiger partial charge in [-0.1, -0.05) is 82.3 Å². The van der Waals surface area contributed by atoms with Crippen LogP contribution in [-0.4, -0.2) is 89.5 Å². The molecular weight excluding hydrogens is 702 g/mol. The predicted molar refractivity (Wildman–Crippen MR) is 219 cm³/mol. The first-order valence-electron chi connectivity index (χ1n) is 19.3. The van der Waals surface area contributed by atoms with Gasteiger partial charge in [0.25, 0.3) is 0 Å². The highest BCUT2D eigenvalue weighted by Crippen LogP contribution is 2.43. The molecule has 4 heterocycles. The summed E-state index contributed by atoms with van der Waals surface area (Å²) in [6, 6.07) is 18.2. The number of fused-ring (bicyclic) bond motifs is 3. The van der Waals surface area contributed by atoms with Crippen LogP contribution in [0.2, 0.25) is 5.02 Å². The zero-order chi connectivity index (χ0) is 37.2. The SMILES string of the molecule is C.CCNCC.CCc1nn(CCN2CCOCC2)c2c1-c1c(Cl)ccc3c(CCCOc4cccc5ccccc45)c(C(=O)O)n(c13)CCCCOC2. The summed E-state index contributed by atoms with van der Waals surface area (Å²) < 4.78 is 22.2. The lowest BCUT2D eigenvalue weighted by molar-refractivity contribution is 0.0354. The second-order valence-electron chi connectivity index (χ2n) is 13.5. The molecule has 292 valence electrons. The Balaban J connectivity index is 0.000000878. The van der Waals surface area contributed by atoms with Crippen molar-refractivity contribution < 1.29 is 24.1 Å². The lowest BCUT2D eigenvalue weighted by Crippen LogP contribution is -2.38. The molecule has 2 aliphatic rings. The first-order chi connectivity index (χ1) is 26.0. The van der Waals surface area contributed by atoms with Gasteiger partial charge in [0, 0.05) is 54.7 Å². The van der Waals surface area contributed by atoms with Gasteiger partial charge < -0.3 is 29.2 Å². The molecule has 2 aromatic heterocycles. The summed E-state index contributed by atoms with van der Waals surface area (Å²) in [5.74, 6) is -0.0912. The van der Waals surface area contributed by atoms with Crippen molar-refractivity contribution in [2.24, 2.45) is 0 Å². The number of nitrogens with one attached hydrogen (secondary N) is 1. The van der Waals surface area contributed by atoms with Gasteiger partial charge in [0.05, 0.1) is 54.9 Å². The minimum Gasteiger partial charge on any atom is -0.493 e. The first-order valence-corrected chi connectivity index (χ1v) is 19.7. The molecule has 1 saturated heterocycles. The molecule has 54 heavy (non-hydrogen) atoms. The van der Waals surface area contributed by atoms with Crippen molar-refractivity contribution >= 4 is 39.2 Å². The molecule has 0 bridgehead atoms. The maximum absolute atomic E-state index is 13.1. The molecule has 2 N–H and O–H groups in total. The lowest BCUT2D eigenvalue weighted by Gasteiger charge is -2.26. The lowest BCUT2D eigenvalue weighted by atomic mass is 9.97. The highest BCUT2D eigenvalue weighted by Gasteiger charge is 2.30. The van der Waals surface area contributed by atoms with E-state index < -0.39 is 5.97 Å². The quantitative estimate of drug-likeness (QED) is 0.122. The number of hydrogen-bond acceptors (Lipinski definition) is 7. The third-order valence-corrected chi connectivity index (χ3v) is 10.5. The Hall–Kier alpha value is -3.93. The zero-order valence-electron chi connectivity index (χ0n) is 31.5. The summed E-state index contributed by atoms with van der Waals surface area (Å²) in [4.78, 5) is 15.5. The summed E-state index contributed by atoms with van der Waals surface area (Å²) in [7, 11) is 0. The van der Waals surface area contributed by atoms with E-state index in [1.807, 2.05) is 41.0 Å². The summed E-state index contributed by atoms with van der Waals surface area (Å²) in [6.45, 7) is 15.4. The average molecular weight is 760 g/mol. The van der Waals surface area contributed by atoms with Gasteiger partial charge in [-0.25, -0.2) is 4.79 Å². The van der Waals surface area contributed by atoms with Crippen LogP contribution >= 0.6 is 11.6 Å². The number of hydrogen-bond donors (Lipinski definition) is 2. The van der Waals surface area contributed by atoms with Crippen LogP contribution in [0, 0.1) is 0 Å². The molecule has 0 saturated carbocycles. The van der Waals surface area contributed by atoms with Gasteiger partial charge in [-0.15, -0.1) is 0 Å². The van der Waals surface area contributed by atoms with E-state index in [9.17, 15) is 9.90 Å². The van der Waals surface area contributed by atoms with Crippen molar-refractivity contribution in [1.29, 1.82) is 0 Å². The van der Waals surface area contributed by atoms with E-state index in [1.54, 1.807) is 0 Å². The number of ether oxygens (including phenoxy) is 3. The Labute approximate surface area is 325 Å². The molecule has 7 rings (SSSR count). The second-order valence-corrected chi connectivity index (χ2v) is 14.0. The number of carbonyl (C=O) groups is 1. The second kappa shape index (κ2) is 20.1. The fourth-order valence-corrected chi connectivity index (χ4v) is 7.82. The number of nitrogens with zero attached hydrogens (tertiary/aromatic N) is 4. The Morgan fingerprint density at radius 2 is 1.69 bits per heavy atom. The van der Waals surface area contributed by atoms with E-state index in [-0.39, 0.29) is 7.43 Å². The monoisotopic (exact) mass is 759 g/mol. The molecule has 0 radical (unpaired) electrons. The van der Waals surface area contributed by atoms with E-state index in [4.69, 9.17) is 30.9 Å². The van der Waals surface area contributed by atoms with Crippen molar-refractivity contribution in [3.8, 4) is 16.9 Å². The van der Waals surface area contributed by atoms with E-state index in [1.165, 1.54) is 0 Å². The maximum Gasteiger partial charge on any atom is 0.352 e. The van der Waals surface area contributed by atoms with E-state index in [0.29, 0.717) is 56.3 Å². The highest BCUT2D eigenvalue weighted by molar-refractivity contribution is 6.35. The Morgan fingerprint density at radius 3 is 2.43 bits per heavy atom. The minimum atomic E-state index is -0.929. The van der Waals surface area contributed by atoms with Gasteiger partial charge in [0.2, 0.25) is 0 Å². The molecule has 0 unspecified atom stereocenters. The average Bonchev–Trinajstić information content (AvgIpc) is 3.68. The van der Waals surface area contributed by atoms with Crippen LogP contribution in [0.25, 0.3) is 32.8 Å². The number of carboxylic acid groups (broad SMARTS) is 1. The number of halogens is 1. The molecule has 0 spiro atoms. The third-order valence-electron chi connectivity index (χ3n) is 10.2. The molecule has 0 amide bonds. The molecule has 3 aromatic carbocycles. The fourth-order valence-electron chi connectivity index (χ4n) is 7.58. The van der Waals surface area contributed by atoms with Crippen LogP contribution in [0.4, 0.5) is 0 Å². The Morgan fingerprint density at radius 1 is 0.907 bits per heavy atom. The van der Waals surface area contributed by atoms with Crippen LogP contribution in [0.15, 0.2) is 54.6 Å². The molecule has 0 aliphatic carbocycles. The molecule has 11 heteroatoms. The van der Waals surface area contributed by atoms with Gasteiger partial charge in [-0.3, -0.25) is 9.58 Å². The smallest absolute Gasteiger partial charge is 0.352 e. The number of benzene rings is 3. The highest BCUT2D eigenvalue weighted by atomic mass is 35.5. The van der Waals surface area contributed by atoms with E-state index in [2.05, 4.69) is 53.9 Å². The van der Waals surface area contributed by atoms with Crippen LogP contribution in [0.3, 0.4) is 0 Å². The predicted octanol–water partition coefficient (Wildman–Crippen LogP) is 8.48. The molecule has 1 fully saturated rings. The normalized spacial score (nSPS) is 14.8. The maximum atomic E-state index is 13.1. The van der Waals surface area contributed by atoms with E-state index >= 15 is 0 Å². The van der Waals surface area contributed by atoms with E-state index in [0.717, 1.165) is 121 Å². The Kier molecular flexibility index (Phi) is 15.4. The van der Waals surface area contributed by atoms with Crippen LogP contribution in [0.5, 0.6) is 5.75 Å². The minimum absolute atomic E-state index is 0. The van der Waals surface area contributed by atoms with Crippen molar-refractivity contribution in [3.05, 3.63) is 82.3 Å². The van der Waals surface area contributed by atoms with Gasteiger partial charge >= 0.3 is 5.97 Å². The van der Waals surface area contributed by atoms with Crippen LogP contribution < -0.4 is 10.1 Å². The third kappa shape index (κ3) is 9.29. The van der Waals surface area contributed by atoms with Gasteiger partial charge in [-0.05, 0) is 68.3 Å². The molecule has 0 atom stereocenters. The summed E-state index contributed by atoms with van der Waals surface area (Å²) >= 11 is 7.14. The van der Waals surface area contributed by atoms with Gasteiger partial charge in [-0.2, -0.15) is 5.10 Å². The largest absolute Gasteiger partial charge is 0.493 e. The number of carboxylic acids is 1. The van der Waals surface area contributed by atoms with Crippen molar-refractivity contribution in [1.82, 2.24) is 24.6 Å². The first kappa shape index (κ1) is 41.2. The van der Waals surface area contributed by atoms with Crippen molar-refractivity contribution in [3.63, 3.8) is 0 Å². The van der Waals surface area contributed by atoms with Gasteiger partial charge in [0.15, 0.2) is 0 Å². The van der Waals surface area contributed by atoms with Crippen molar-refractivity contribution in [2.45, 2.75) is 80.0 Å². The fraction of sp³-hybridized carbons (Fsp3) is 0.488. The number of aromatic nitrogens is 3. The summed E-state index contributed by atoms with van der Waals surface area (Å²) in [5.41, 5.74) is 5.78. The van der Waals surface area contributed by atoms with Crippen LogP contribution in [-0.2, 0) is 42.0 Å². The number of morpholine rings is 1. The van der Waals surface area contributed by atoms with Crippen molar-refractivity contribution in [2.75, 3.05) is 59.2 Å². The molecular formula is C43H58ClN5O5. The zero-order valence-corrected chi connectivity index (χ0v) is 32.2. The molecule has 2 aliphatic heterocycles. The number of rotatable bonds is 12. The summed E-state index contributed by atoms with van der Waals surface area (Å²) in [6.07, 6.45) is 3.55. The summed E-state index contributed by atoms with van der Waals surface area (Å²) in [5, 5.41) is 22.7. The number of aryl methyl sites for hydroxylation is 3. The number of aromatic carboxylic acids is 1. The van der Waals surface area contributed by atoms with Crippen LogP contribution in [0.1, 0.15) is 74.9 Å². The standard InChI is InChI=1S/C38H43ClN4O5.C4H11N.CH4/c1-2-31-35-32(43(40-31)18-17-41-19-23-46-24-20-41)25-47-21-6-5-16-42-36-29(14-15-30(39)34(35)36)28(37(42)38(44)45)12-8-22-48-33-13-7-10-26-9-3-4-11-27(26)33;1-3-5-4-2;/h3-4,7,9-11,13-15H,2,5-6,8,12,16-25H2,1H3,(H,44,45);5H,3-4H2,1-2H3;1H4. The molecule has 10 nitrogen and oxygen atoms in total. The molecule has 5 aromatic rings. The Bertz CT molecular complexity index is 1980. The van der Waals surface area contributed by atoms with Gasteiger partial charge in [0.1, 0.15) is 11.4 Å². The topological polar surface area (TPSA) is 103 Å².